The fourth-order valence-electron chi connectivity index (χ4n) is 1.60. The van der Waals surface area contributed by atoms with Gasteiger partial charge in [-0.1, -0.05) is 16.8 Å². The summed E-state index contributed by atoms with van der Waals surface area (Å²) in [6, 6.07) is 7.28. The molecule has 0 saturated carbocycles. The van der Waals surface area contributed by atoms with Crippen LogP contribution >= 0.6 is 27.5 Å². The van der Waals surface area contributed by atoms with Crippen molar-refractivity contribution in [3.05, 3.63) is 52.0 Å². The predicted octanol–water partition coefficient (Wildman–Crippen LogP) is 3.40. The zero-order valence-electron chi connectivity index (χ0n) is 9.62. The van der Waals surface area contributed by atoms with Gasteiger partial charge in [-0.25, -0.2) is 0 Å². The average Bonchev–Trinajstić information content (AvgIpc) is 3.00. The van der Waals surface area contributed by atoms with Crippen molar-refractivity contribution >= 4 is 27.5 Å². The lowest BCUT2D eigenvalue weighted by atomic mass is 10.2. The van der Waals surface area contributed by atoms with Crippen molar-refractivity contribution in [3.8, 4) is 11.4 Å². The lowest BCUT2D eigenvalue weighted by Gasteiger charge is -1.94. The molecule has 0 fully saturated rings. The van der Waals surface area contributed by atoms with E-state index in [-0.39, 0.29) is 0 Å². The third kappa shape index (κ3) is 2.85. The molecule has 1 aromatic carbocycles. The van der Waals surface area contributed by atoms with Gasteiger partial charge in [0.05, 0.1) is 10.7 Å². The van der Waals surface area contributed by atoms with Crippen LogP contribution in [0.15, 0.2) is 45.7 Å². The van der Waals surface area contributed by atoms with Gasteiger partial charge >= 0.3 is 0 Å². The molecule has 3 rings (SSSR count). The molecule has 96 valence electrons. The van der Waals surface area contributed by atoms with Crippen LogP contribution in [0.4, 0.5) is 0 Å². The largest absolute Gasteiger partial charge is 0.337 e. The average molecular weight is 340 g/mol. The van der Waals surface area contributed by atoms with Crippen LogP contribution in [0, 0.1) is 0 Å². The maximum absolute atomic E-state index is 5.83. The Bertz CT molecular complexity index is 692. The zero-order valence-corrected chi connectivity index (χ0v) is 12.0. The summed E-state index contributed by atoms with van der Waals surface area (Å²) >= 11 is 9.17. The van der Waals surface area contributed by atoms with Crippen molar-refractivity contribution in [2.75, 3.05) is 0 Å². The second-order valence-electron chi connectivity index (χ2n) is 3.87. The second kappa shape index (κ2) is 5.14. The molecule has 19 heavy (non-hydrogen) atoms. The van der Waals surface area contributed by atoms with Gasteiger partial charge in [0, 0.05) is 16.8 Å². The normalized spacial score (nSPS) is 10.8. The number of aromatic nitrogens is 4. The summed E-state index contributed by atoms with van der Waals surface area (Å²) in [5.74, 6) is 1.04. The number of nitrogens with zero attached hydrogens (tertiary/aromatic N) is 4. The van der Waals surface area contributed by atoms with Gasteiger partial charge in [-0.2, -0.15) is 10.1 Å². The van der Waals surface area contributed by atoms with Crippen LogP contribution in [0.1, 0.15) is 5.89 Å². The first-order valence-electron chi connectivity index (χ1n) is 5.47. The minimum atomic E-state index is 0.437. The summed E-state index contributed by atoms with van der Waals surface area (Å²) < 4.78 is 7.81. The standard InChI is InChI=1S/C12H8BrClN4O/c13-9-5-15-18(6-9)7-11-16-12(17-19-11)8-1-3-10(14)4-2-8/h1-6H,7H2. The van der Waals surface area contributed by atoms with E-state index >= 15 is 0 Å². The molecule has 2 heterocycles. The highest BCUT2D eigenvalue weighted by atomic mass is 79.9. The molecule has 0 atom stereocenters. The molecule has 0 bridgehead atoms. The Morgan fingerprint density at radius 2 is 2.05 bits per heavy atom. The Morgan fingerprint density at radius 1 is 1.26 bits per heavy atom. The number of hydrogen-bond donors (Lipinski definition) is 0. The van der Waals surface area contributed by atoms with E-state index in [0.717, 1.165) is 10.0 Å². The van der Waals surface area contributed by atoms with Crippen LogP contribution in [0.25, 0.3) is 11.4 Å². The first-order valence-corrected chi connectivity index (χ1v) is 6.64. The van der Waals surface area contributed by atoms with Gasteiger partial charge in [-0.15, -0.1) is 0 Å². The smallest absolute Gasteiger partial charge is 0.248 e. The second-order valence-corrected chi connectivity index (χ2v) is 5.23. The molecule has 0 amide bonds. The number of hydrogen-bond acceptors (Lipinski definition) is 4. The van der Waals surface area contributed by atoms with Crippen LogP contribution in [0.3, 0.4) is 0 Å². The molecule has 0 spiro atoms. The highest BCUT2D eigenvalue weighted by molar-refractivity contribution is 9.10. The fourth-order valence-corrected chi connectivity index (χ4v) is 2.05. The predicted molar refractivity (Wildman–Crippen MR) is 73.8 cm³/mol. The van der Waals surface area contributed by atoms with Gasteiger partial charge in [0.25, 0.3) is 0 Å². The molecule has 0 saturated heterocycles. The number of rotatable bonds is 3. The summed E-state index contributed by atoms with van der Waals surface area (Å²) in [5, 5.41) is 8.74. The lowest BCUT2D eigenvalue weighted by Crippen LogP contribution is -1.99. The molecule has 0 aliphatic rings. The maximum atomic E-state index is 5.83. The summed E-state index contributed by atoms with van der Waals surface area (Å²) in [6.45, 7) is 0.437. The van der Waals surface area contributed by atoms with Gasteiger partial charge in [-0.05, 0) is 40.2 Å². The molecule has 7 heteroatoms. The maximum Gasteiger partial charge on any atom is 0.248 e. The molecule has 2 aromatic heterocycles. The zero-order chi connectivity index (χ0) is 13.2. The molecule has 0 N–H and O–H groups in total. The van der Waals surface area contributed by atoms with E-state index in [0.29, 0.717) is 23.3 Å². The molecule has 3 aromatic rings. The Balaban J connectivity index is 1.81. The van der Waals surface area contributed by atoms with E-state index in [1.807, 2.05) is 18.3 Å². The Hall–Kier alpha value is -1.66. The van der Waals surface area contributed by atoms with Crippen LogP contribution in [-0.2, 0) is 6.54 Å². The fraction of sp³-hybridized carbons (Fsp3) is 0.0833. The summed E-state index contributed by atoms with van der Waals surface area (Å²) in [4.78, 5) is 4.32. The monoisotopic (exact) mass is 338 g/mol. The van der Waals surface area contributed by atoms with Crippen molar-refractivity contribution in [3.63, 3.8) is 0 Å². The molecular weight excluding hydrogens is 332 g/mol. The van der Waals surface area contributed by atoms with Gasteiger partial charge in [0.1, 0.15) is 6.54 Å². The van der Waals surface area contributed by atoms with E-state index in [1.54, 1.807) is 23.0 Å². The molecule has 0 aliphatic heterocycles. The molecule has 0 radical (unpaired) electrons. The van der Waals surface area contributed by atoms with Crippen molar-refractivity contribution in [2.45, 2.75) is 6.54 Å². The third-order valence-corrected chi connectivity index (χ3v) is 3.13. The van der Waals surface area contributed by atoms with Crippen molar-refractivity contribution in [2.24, 2.45) is 0 Å². The summed E-state index contributed by atoms with van der Waals surface area (Å²) in [5.41, 5.74) is 0.862. The Kier molecular flexibility index (Phi) is 3.35. The highest BCUT2D eigenvalue weighted by Crippen LogP contribution is 2.19. The lowest BCUT2D eigenvalue weighted by molar-refractivity contribution is 0.366. The van der Waals surface area contributed by atoms with Gasteiger partial charge in [0.15, 0.2) is 0 Å². The van der Waals surface area contributed by atoms with Crippen LogP contribution in [-0.4, -0.2) is 19.9 Å². The van der Waals surface area contributed by atoms with Gasteiger partial charge in [-0.3, -0.25) is 4.68 Å². The number of benzene rings is 1. The van der Waals surface area contributed by atoms with Gasteiger partial charge in [0.2, 0.25) is 11.7 Å². The quantitative estimate of drug-likeness (QED) is 0.734. The number of halogens is 2. The SMILES string of the molecule is Clc1ccc(-c2noc(Cn3cc(Br)cn3)n2)cc1. The molecule has 0 aliphatic carbocycles. The third-order valence-electron chi connectivity index (χ3n) is 2.47. The minimum Gasteiger partial charge on any atom is -0.337 e. The van der Waals surface area contributed by atoms with Crippen molar-refractivity contribution in [1.29, 1.82) is 0 Å². The van der Waals surface area contributed by atoms with Crippen LogP contribution < -0.4 is 0 Å². The van der Waals surface area contributed by atoms with E-state index in [9.17, 15) is 0 Å². The van der Waals surface area contributed by atoms with Crippen LogP contribution in [0.2, 0.25) is 5.02 Å². The van der Waals surface area contributed by atoms with Gasteiger partial charge < -0.3 is 4.52 Å². The highest BCUT2D eigenvalue weighted by Gasteiger charge is 2.09. The Morgan fingerprint density at radius 3 is 2.74 bits per heavy atom. The van der Waals surface area contributed by atoms with Crippen molar-refractivity contribution < 1.29 is 4.52 Å². The minimum absolute atomic E-state index is 0.437. The molecular formula is C12H8BrClN4O. The van der Waals surface area contributed by atoms with Crippen molar-refractivity contribution in [1.82, 2.24) is 19.9 Å². The van der Waals surface area contributed by atoms with E-state index < -0.39 is 0 Å². The Labute approximate surface area is 122 Å². The topological polar surface area (TPSA) is 56.7 Å². The first kappa shape index (κ1) is 12.4. The van der Waals surface area contributed by atoms with E-state index in [4.69, 9.17) is 16.1 Å². The first-order chi connectivity index (χ1) is 9.20. The van der Waals surface area contributed by atoms with E-state index in [1.165, 1.54) is 0 Å². The summed E-state index contributed by atoms with van der Waals surface area (Å²) in [7, 11) is 0. The van der Waals surface area contributed by atoms with E-state index in [2.05, 4.69) is 31.2 Å². The summed E-state index contributed by atoms with van der Waals surface area (Å²) in [6.07, 6.45) is 3.54. The molecule has 0 unspecified atom stereocenters. The molecule has 5 nitrogen and oxygen atoms in total. The van der Waals surface area contributed by atoms with Crippen LogP contribution in [0.5, 0.6) is 0 Å².